The van der Waals surface area contributed by atoms with Gasteiger partial charge < -0.3 is 16.0 Å². The van der Waals surface area contributed by atoms with Crippen LogP contribution in [0.25, 0.3) is 0 Å². The van der Waals surface area contributed by atoms with Crippen LogP contribution in [0.3, 0.4) is 0 Å². The van der Waals surface area contributed by atoms with Gasteiger partial charge in [0, 0.05) is 30.2 Å². The van der Waals surface area contributed by atoms with Gasteiger partial charge in [-0.2, -0.15) is 0 Å². The lowest BCUT2D eigenvalue weighted by molar-refractivity contribution is -0.114. The number of hydrogen-bond acceptors (Lipinski definition) is 4. The van der Waals surface area contributed by atoms with Crippen LogP contribution in [0, 0.1) is 0 Å². The lowest BCUT2D eigenvalue weighted by Gasteiger charge is -2.09. The molecule has 0 saturated carbocycles. The van der Waals surface area contributed by atoms with Gasteiger partial charge in [-0.3, -0.25) is 9.59 Å². The fraction of sp³-hybridized carbons (Fsp3) is 0.136. The minimum Gasteiger partial charge on any atom is -0.340 e. The SMILES string of the molecule is CCc1ccc(NC(=O)c2ccc(Nc3cccc(NC(C)=O)c3)nc2)cc1. The van der Waals surface area contributed by atoms with E-state index in [0.717, 1.165) is 17.8 Å². The normalized spacial score (nSPS) is 10.2. The molecule has 3 N–H and O–H groups in total. The van der Waals surface area contributed by atoms with Crippen molar-refractivity contribution >= 4 is 34.7 Å². The highest BCUT2D eigenvalue weighted by Gasteiger charge is 2.07. The van der Waals surface area contributed by atoms with E-state index < -0.39 is 0 Å². The van der Waals surface area contributed by atoms with Gasteiger partial charge in [0.1, 0.15) is 5.82 Å². The summed E-state index contributed by atoms with van der Waals surface area (Å²) < 4.78 is 0. The summed E-state index contributed by atoms with van der Waals surface area (Å²) in [6, 6.07) is 18.5. The van der Waals surface area contributed by atoms with Crippen LogP contribution in [0.2, 0.25) is 0 Å². The molecule has 0 atom stereocenters. The molecule has 2 aromatic carbocycles. The van der Waals surface area contributed by atoms with Gasteiger partial charge >= 0.3 is 0 Å². The van der Waals surface area contributed by atoms with Crippen LogP contribution in [0.5, 0.6) is 0 Å². The molecule has 0 bridgehead atoms. The molecule has 0 fully saturated rings. The Kier molecular flexibility index (Phi) is 6.01. The number of hydrogen-bond donors (Lipinski definition) is 3. The molecule has 3 aromatic rings. The highest BCUT2D eigenvalue weighted by atomic mass is 16.2. The van der Waals surface area contributed by atoms with Gasteiger partial charge in [-0.05, 0) is 54.4 Å². The van der Waals surface area contributed by atoms with Gasteiger partial charge in [0.25, 0.3) is 5.91 Å². The number of pyridine rings is 1. The van der Waals surface area contributed by atoms with E-state index in [1.54, 1.807) is 18.2 Å². The van der Waals surface area contributed by atoms with Crippen molar-refractivity contribution in [1.82, 2.24) is 4.98 Å². The Hall–Kier alpha value is -3.67. The summed E-state index contributed by atoms with van der Waals surface area (Å²) in [5.74, 6) is 0.259. The average molecular weight is 374 g/mol. The zero-order valence-corrected chi connectivity index (χ0v) is 15.8. The number of benzene rings is 2. The zero-order valence-electron chi connectivity index (χ0n) is 15.8. The first kappa shape index (κ1) is 19.1. The van der Waals surface area contributed by atoms with E-state index in [2.05, 4.69) is 27.9 Å². The molecule has 0 aliphatic heterocycles. The molecule has 1 aromatic heterocycles. The van der Waals surface area contributed by atoms with Crippen molar-refractivity contribution in [3.63, 3.8) is 0 Å². The largest absolute Gasteiger partial charge is 0.340 e. The van der Waals surface area contributed by atoms with Gasteiger partial charge in [0.2, 0.25) is 5.91 Å². The molecule has 142 valence electrons. The van der Waals surface area contributed by atoms with Crippen LogP contribution < -0.4 is 16.0 Å². The number of carbonyl (C=O) groups excluding carboxylic acids is 2. The Labute approximate surface area is 164 Å². The zero-order chi connectivity index (χ0) is 19.9. The first-order valence-electron chi connectivity index (χ1n) is 9.04. The van der Waals surface area contributed by atoms with Gasteiger partial charge in [-0.15, -0.1) is 0 Å². The highest BCUT2D eigenvalue weighted by Crippen LogP contribution is 2.19. The van der Waals surface area contributed by atoms with E-state index in [0.29, 0.717) is 17.1 Å². The summed E-state index contributed by atoms with van der Waals surface area (Å²) in [5.41, 5.74) is 3.92. The summed E-state index contributed by atoms with van der Waals surface area (Å²) in [4.78, 5) is 27.8. The summed E-state index contributed by atoms with van der Waals surface area (Å²) in [5, 5.41) is 8.75. The summed E-state index contributed by atoms with van der Waals surface area (Å²) in [7, 11) is 0. The van der Waals surface area contributed by atoms with Crippen molar-refractivity contribution in [2.75, 3.05) is 16.0 Å². The molecule has 6 nitrogen and oxygen atoms in total. The monoisotopic (exact) mass is 374 g/mol. The van der Waals surface area contributed by atoms with Crippen LogP contribution in [0.1, 0.15) is 29.8 Å². The first-order chi connectivity index (χ1) is 13.5. The first-order valence-corrected chi connectivity index (χ1v) is 9.04. The van der Waals surface area contributed by atoms with Crippen LogP contribution in [-0.2, 0) is 11.2 Å². The molecule has 0 aliphatic rings. The third-order valence-corrected chi connectivity index (χ3v) is 4.10. The van der Waals surface area contributed by atoms with E-state index in [1.807, 2.05) is 42.5 Å². The molecule has 0 spiro atoms. The topological polar surface area (TPSA) is 83.1 Å². The van der Waals surface area contributed by atoms with E-state index in [9.17, 15) is 9.59 Å². The highest BCUT2D eigenvalue weighted by molar-refractivity contribution is 6.04. The van der Waals surface area contributed by atoms with Crippen molar-refractivity contribution in [3.05, 3.63) is 78.0 Å². The molecule has 28 heavy (non-hydrogen) atoms. The number of carbonyl (C=O) groups is 2. The lowest BCUT2D eigenvalue weighted by Crippen LogP contribution is -2.12. The van der Waals surface area contributed by atoms with Crippen molar-refractivity contribution in [3.8, 4) is 0 Å². The van der Waals surface area contributed by atoms with Gasteiger partial charge in [-0.1, -0.05) is 25.1 Å². The molecule has 6 heteroatoms. The maximum Gasteiger partial charge on any atom is 0.257 e. The minimum absolute atomic E-state index is 0.130. The number of aromatic nitrogens is 1. The quantitative estimate of drug-likeness (QED) is 0.589. The number of rotatable bonds is 6. The average Bonchev–Trinajstić information content (AvgIpc) is 2.69. The van der Waals surface area contributed by atoms with Gasteiger partial charge in [0.15, 0.2) is 0 Å². The number of nitrogens with one attached hydrogen (secondary N) is 3. The third kappa shape index (κ3) is 5.17. The maximum absolute atomic E-state index is 12.4. The number of amides is 2. The Morgan fingerprint density at radius 2 is 1.64 bits per heavy atom. The second-order valence-corrected chi connectivity index (χ2v) is 6.32. The number of nitrogens with zero attached hydrogens (tertiary/aromatic N) is 1. The van der Waals surface area contributed by atoms with Gasteiger partial charge in [0.05, 0.1) is 5.56 Å². The van der Waals surface area contributed by atoms with Crippen molar-refractivity contribution in [1.29, 1.82) is 0 Å². The minimum atomic E-state index is -0.212. The Morgan fingerprint density at radius 1 is 0.893 bits per heavy atom. The number of anilines is 4. The molecular weight excluding hydrogens is 352 g/mol. The second kappa shape index (κ2) is 8.81. The molecule has 0 aliphatic carbocycles. The maximum atomic E-state index is 12.4. The van der Waals surface area contributed by atoms with Crippen LogP contribution in [0.4, 0.5) is 22.9 Å². The molecule has 0 radical (unpaired) electrons. The third-order valence-electron chi connectivity index (χ3n) is 4.10. The fourth-order valence-electron chi connectivity index (χ4n) is 2.66. The molecule has 2 amide bonds. The van der Waals surface area contributed by atoms with Crippen molar-refractivity contribution < 1.29 is 9.59 Å². The predicted molar refractivity (Wildman–Crippen MR) is 112 cm³/mol. The van der Waals surface area contributed by atoms with Gasteiger partial charge in [-0.25, -0.2) is 4.98 Å². The lowest BCUT2D eigenvalue weighted by atomic mass is 10.1. The van der Waals surface area contributed by atoms with E-state index in [-0.39, 0.29) is 11.8 Å². The smallest absolute Gasteiger partial charge is 0.257 e. The fourth-order valence-corrected chi connectivity index (χ4v) is 2.66. The molecule has 3 rings (SSSR count). The van der Waals surface area contributed by atoms with Crippen molar-refractivity contribution in [2.45, 2.75) is 20.3 Å². The molecule has 1 heterocycles. The standard InChI is InChI=1S/C22H22N4O2/c1-3-16-7-10-18(11-8-16)26-22(28)17-9-12-21(23-14-17)25-20-6-4-5-19(13-20)24-15(2)27/h4-14H,3H2,1-2H3,(H,23,25)(H,24,27)(H,26,28). The number of aryl methyl sites for hydroxylation is 1. The van der Waals surface area contributed by atoms with E-state index >= 15 is 0 Å². The second-order valence-electron chi connectivity index (χ2n) is 6.32. The molecule has 0 unspecified atom stereocenters. The summed E-state index contributed by atoms with van der Waals surface area (Å²) >= 11 is 0. The Bertz CT molecular complexity index is 967. The molecule has 0 saturated heterocycles. The molecular formula is C22H22N4O2. The van der Waals surface area contributed by atoms with Crippen LogP contribution in [-0.4, -0.2) is 16.8 Å². The van der Waals surface area contributed by atoms with E-state index in [4.69, 9.17) is 0 Å². The Morgan fingerprint density at radius 3 is 2.29 bits per heavy atom. The van der Waals surface area contributed by atoms with E-state index in [1.165, 1.54) is 18.7 Å². The van der Waals surface area contributed by atoms with Crippen LogP contribution in [0.15, 0.2) is 66.9 Å². The van der Waals surface area contributed by atoms with Crippen LogP contribution >= 0.6 is 0 Å². The summed E-state index contributed by atoms with van der Waals surface area (Å²) in [6.45, 7) is 3.55. The summed E-state index contributed by atoms with van der Waals surface area (Å²) in [6.07, 6.45) is 2.48. The predicted octanol–water partition coefficient (Wildman–Crippen LogP) is 4.60. The Balaban J connectivity index is 1.64. The van der Waals surface area contributed by atoms with Crippen molar-refractivity contribution in [2.24, 2.45) is 0 Å².